The summed E-state index contributed by atoms with van der Waals surface area (Å²) in [6, 6.07) is 28.9. The van der Waals surface area contributed by atoms with E-state index in [2.05, 4.69) is 41.7 Å². The largest absolute Gasteiger partial charge is 0.391 e. The van der Waals surface area contributed by atoms with Gasteiger partial charge in [0.1, 0.15) is 12.1 Å². The lowest BCUT2D eigenvalue weighted by Gasteiger charge is -2.46. The van der Waals surface area contributed by atoms with Gasteiger partial charge >= 0.3 is 0 Å². The van der Waals surface area contributed by atoms with Gasteiger partial charge in [0.15, 0.2) is 0 Å². The average molecular weight is 678 g/mol. The van der Waals surface area contributed by atoms with Crippen LogP contribution in [0.15, 0.2) is 91.0 Å². The number of nitrogens with zero attached hydrogens (tertiary/aromatic N) is 3. The van der Waals surface area contributed by atoms with Gasteiger partial charge in [0.05, 0.1) is 37.7 Å². The molecule has 8 heteroatoms. The van der Waals surface area contributed by atoms with Crippen LogP contribution in [0.25, 0.3) is 0 Å². The zero-order valence-electron chi connectivity index (χ0n) is 29.3. The third kappa shape index (κ3) is 6.97. The minimum atomic E-state index is -0.813. The van der Waals surface area contributed by atoms with Crippen molar-refractivity contribution in [3.05, 3.63) is 108 Å². The molecule has 4 atom stereocenters. The predicted molar refractivity (Wildman–Crippen MR) is 194 cm³/mol. The van der Waals surface area contributed by atoms with Crippen LogP contribution < -0.4 is 5.32 Å². The number of carbonyl (C=O) groups excluding carboxylic acids is 3. The van der Waals surface area contributed by atoms with Crippen molar-refractivity contribution >= 4 is 17.7 Å². The fourth-order valence-electron chi connectivity index (χ4n) is 9.68. The first-order valence-electron chi connectivity index (χ1n) is 19.0. The Hall–Kier alpha value is -4.01. The Kier molecular flexibility index (Phi) is 10.4. The number of benzene rings is 3. The van der Waals surface area contributed by atoms with Crippen LogP contribution in [0, 0.1) is 5.92 Å². The number of carbonyl (C=O) groups is 3. The zero-order valence-corrected chi connectivity index (χ0v) is 29.3. The quantitative estimate of drug-likeness (QED) is 0.250. The van der Waals surface area contributed by atoms with Gasteiger partial charge in [0.25, 0.3) is 0 Å². The number of likely N-dealkylation sites (tertiary alicyclic amines) is 2. The molecule has 0 saturated carbocycles. The molecular weight excluding hydrogens is 624 g/mol. The maximum atomic E-state index is 14.6. The highest BCUT2D eigenvalue weighted by molar-refractivity contribution is 5.93. The maximum Gasteiger partial charge on any atom is 0.246 e. The van der Waals surface area contributed by atoms with Gasteiger partial charge in [-0.2, -0.15) is 0 Å². The molecule has 0 aromatic heterocycles. The van der Waals surface area contributed by atoms with Crippen LogP contribution in [0.5, 0.6) is 0 Å². The second-order valence-electron chi connectivity index (χ2n) is 15.3. The number of aliphatic hydroxyl groups is 1. The molecule has 3 aromatic rings. The molecule has 4 aliphatic heterocycles. The van der Waals surface area contributed by atoms with E-state index in [4.69, 9.17) is 0 Å². The van der Waals surface area contributed by atoms with E-state index < -0.39 is 23.6 Å². The summed E-state index contributed by atoms with van der Waals surface area (Å²) in [6.07, 6.45) is 7.11. The van der Waals surface area contributed by atoms with Crippen LogP contribution in [0.1, 0.15) is 74.5 Å². The fourth-order valence-corrected chi connectivity index (χ4v) is 9.68. The molecule has 7 rings (SSSR count). The predicted octanol–water partition coefficient (Wildman–Crippen LogP) is 4.89. The molecule has 0 bridgehead atoms. The van der Waals surface area contributed by atoms with Crippen LogP contribution in [0.2, 0.25) is 0 Å². The van der Waals surface area contributed by atoms with Crippen molar-refractivity contribution in [1.82, 2.24) is 15.1 Å². The van der Waals surface area contributed by atoms with Crippen LogP contribution in [-0.4, -0.2) is 101 Å². The van der Waals surface area contributed by atoms with E-state index in [-0.39, 0.29) is 37.1 Å². The summed E-state index contributed by atoms with van der Waals surface area (Å²) in [4.78, 5) is 46.0. The van der Waals surface area contributed by atoms with Gasteiger partial charge in [-0.05, 0) is 61.6 Å². The Morgan fingerprint density at radius 2 is 1.30 bits per heavy atom. The van der Waals surface area contributed by atoms with Crippen molar-refractivity contribution in [1.29, 1.82) is 0 Å². The molecule has 1 spiro atoms. The van der Waals surface area contributed by atoms with Crippen LogP contribution in [-0.2, 0) is 19.8 Å². The summed E-state index contributed by atoms with van der Waals surface area (Å²) in [7, 11) is 0. The monoisotopic (exact) mass is 677 g/mol. The standard InChI is InChI=1S/C42H52N4O4/c47-36-27-38(41(50)44-23-13-22-37(44)40(49)43-29-32-15-14-26-46(31-32)24-11-4-12-25-46)45(30-36)39(48)28-42(33-16-5-1-6-17-33,34-18-7-2-8-19-34)35-20-9-3-10-21-35/h1-3,5-10,16-21,32,36-38,47H,4,11-15,22-31H2/p+1/t32-,36-,37-,38+/m1/s1. The normalized spacial score (nSPS) is 25.1. The molecule has 0 unspecified atom stereocenters. The van der Waals surface area contributed by atoms with Crippen molar-refractivity contribution in [3.8, 4) is 0 Å². The highest BCUT2D eigenvalue weighted by atomic mass is 16.3. The zero-order chi connectivity index (χ0) is 34.6. The van der Waals surface area contributed by atoms with E-state index in [0.29, 0.717) is 25.4 Å². The minimum absolute atomic E-state index is 0.0840. The van der Waals surface area contributed by atoms with Crippen LogP contribution in [0.3, 0.4) is 0 Å². The molecule has 0 radical (unpaired) electrons. The molecular formula is C42H53N4O4+. The molecule has 4 fully saturated rings. The van der Waals surface area contributed by atoms with Crippen molar-refractivity contribution in [2.24, 2.45) is 5.92 Å². The van der Waals surface area contributed by atoms with E-state index >= 15 is 0 Å². The van der Waals surface area contributed by atoms with Gasteiger partial charge in [0.2, 0.25) is 17.7 Å². The number of hydrogen-bond acceptors (Lipinski definition) is 4. The molecule has 4 heterocycles. The Balaban J connectivity index is 1.09. The lowest BCUT2D eigenvalue weighted by atomic mass is 9.67. The smallest absolute Gasteiger partial charge is 0.246 e. The number of β-amino-alcohol motifs (C(OH)–C–C–N with tert-alkyl or cyclic N) is 1. The second-order valence-corrected chi connectivity index (χ2v) is 15.3. The summed E-state index contributed by atoms with van der Waals surface area (Å²) in [5, 5.41) is 14.2. The first kappa shape index (κ1) is 34.4. The number of rotatable bonds is 9. The third-order valence-electron chi connectivity index (χ3n) is 12.2. The molecule has 8 nitrogen and oxygen atoms in total. The number of nitrogens with one attached hydrogen (secondary N) is 1. The topological polar surface area (TPSA) is 89.9 Å². The fraction of sp³-hybridized carbons (Fsp3) is 0.500. The Labute approximate surface area is 297 Å². The third-order valence-corrected chi connectivity index (χ3v) is 12.2. The van der Waals surface area contributed by atoms with E-state index in [1.807, 2.05) is 54.6 Å². The van der Waals surface area contributed by atoms with Gasteiger partial charge in [-0.25, -0.2) is 0 Å². The van der Waals surface area contributed by atoms with Gasteiger partial charge in [-0.15, -0.1) is 0 Å². The first-order valence-corrected chi connectivity index (χ1v) is 19.0. The minimum Gasteiger partial charge on any atom is -0.391 e. The van der Waals surface area contributed by atoms with Crippen LogP contribution >= 0.6 is 0 Å². The molecule has 3 amide bonds. The van der Waals surface area contributed by atoms with E-state index in [0.717, 1.165) is 36.1 Å². The van der Waals surface area contributed by atoms with Crippen molar-refractivity contribution < 1.29 is 24.0 Å². The van der Waals surface area contributed by atoms with Crippen molar-refractivity contribution in [2.45, 2.75) is 81.4 Å². The molecule has 3 aromatic carbocycles. The van der Waals surface area contributed by atoms with Crippen LogP contribution in [0.4, 0.5) is 0 Å². The second kappa shape index (κ2) is 15.1. The Morgan fingerprint density at radius 1 is 0.720 bits per heavy atom. The van der Waals surface area contributed by atoms with Gasteiger partial charge < -0.3 is 24.7 Å². The lowest BCUT2D eigenvalue weighted by Crippen LogP contribution is -2.58. The van der Waals surface area contributed by atoms with Gasteiger partial charge in [-0.3, -0.25) is 14.4 Å². The lowest BCUT2D eigenvalue weighted by molar-refractivity contribution is -0.939. The maximum absolute atomic E-state index is 14.6. The first-order chi connectivity index (χ1) is 24.4. The van der Waals surface area contributed by atoms with E-state index in [9.17, 15) is 19.5 Å². The Morgan fingerprint density at radius 3 is 1.90 bits per heavy atom. The molecule has 264 valence electrons. The van der Waals surface area contributed by atoms with Crippen molar-refractivity contribution in [2.75, 3.05) is 45.8 Å². The molecule has 4 saturated heterocycles. The molecule has 4 aliphatic rings. The average Bonchev–Trinajstić information content (AvgIpc) is 3.82. The molecule has 0 aliphatic carbocycles. The number of aliphatic hydroxyl groups excluding tert-OH is 1. The summed E-state index contributed by atoms with van der Waals surface area (Å²) >= 11 is 0. The highest BCUT2D eigenvalue weighted by Gasteiger charge is 2.47. The molecule has 2 N–H and O–H groups in total. The summed E-state index contributed by atoms with van der Waals surface area (Å²) in [5.74, 6) is -0.0376. The number of amides is 3. The highest BCUT2D eigenvalue weighted by Crippen LogP contribution is 2.43. The number of quaternary nitrogens is 1. The SMILES string of the molecule is O=C(NC[C@H]1CCC[N+]2(CCCCC2)C1)[C@H]1CCCN1C(=O)[C@@H]1C[C@@H](O)CN1C(=O)CC(c1ccccc1)(c1ccccc1)c1ccccc1. The summed E-state index contributed by atoms with van der Waals surface area (Å²) < 4.78 is 1.21. The summed E-state index contributed by atoms with van der Waals surface area (Å²) in [6.45, 7) is 6.17. The summed E-state index contributed by atoms with van der Waals surface area (Å²) in [5.41, 5.74) is 2.13. The number of hydrogen-bond donors (Lipinski definition) is 2. The van der Waals surface area contributed by atoms with E-state index in [1.165, 1.54) is 49.8 Å². The van der Waals surface area contributed by atoms with Gasteiger partial charge in [0, 0.05) is 38.4 Å². The molecule has 50 heavy (non-hydrogen) atoms. The number of piperidine rings is 2. The van der Waals surface area contributed by atoms with Crippen molar-refractivity contribution in [3.63, 3.8) is 0 Å². The van der Waals surface area contributed by atoms with Gasteiger partial charge in [-0.1, -0.05) is 91.0 Å². The van der Waals surface area contributed by atoms with E-state index in [1.54, 1.807) is 9.80 Å². The Bertz CT molecular complexity index is 1510.